The van der Waals surface area contributed by atoms with Crippen LogP contribution in [0.5, 0.6) is 0 Å². The van der Waals surface area contributed by atoms with E-state index in [1.54, 1.807) is 0 Å². The van der Waals surface area contributed by atoms with Crippen LogP contribution in [0.25, 0.3) is 0 Å². The lowest BCUT2D eigenvalue weighted by Crippen LogP contribution is -2.58. The molecule has 0 amide bonds. The van der Waals surface area contributed by atoms with Crippen LogP contribution in [-0.2, 0) is 44.2 Å². The first-order chi connectivity index (χ1) is 10.2. The highest BCUT2D eigenvalue weighted by Crippen LogP contribution is 2.26. The molecule has 0 aromatic carbocycles. The summed E-state index contributed by atoms with van der Waals surface area (Å²) in [6, 6.07) is -1.52. The van der Waals surface area contributed by atoms with Gasteiger partial charge in [-0.3, -0.25) is 8.37 Å². The van der Waals surface area contributed by atoms with Crippen molar-refractivity contribution in [2.75, 3.05) is 13.2 Å². The minimum absolute atomic E-state index is 0.626. The van der Waals surface area contributed by atoms with Crippen molar-refractivity contribution in [1.82, 2.24) is 4.72 Å². The number of hydrogen-bond donors (Lipinski definition) is 1. The van der Waals surface area contributed by atoms with E-state index in [1.165, 1.54) is 11.6 Å². The van der Waals surface area contributed by atoms with Crippen LogP contribution >= 0.6 is 0 Å². The van der Waals surface area contributed by atoms with E-state index in [0.29, 0.717) is 0 Å². The Morgan fingerprint density at radius 2 is 1.65 bits per heavy atom. The van der Waals surface area contributed by atoms with Crippen LogP contribution in [0.3, 0.4) is 0 Å². The standard InChI is InChI=1S/C7H15NO12S3/c1-4-6(3-19-22(12,13)14)18-2-5(8-21(9,10)11)7(4)20-23(15,16)17/h4-8H,2-3H2,1H3,(H,9,10,11)(H,12,13,14)(H,15,16,17)/p-3/t4-,5?,6?,7-/m1/s1. The van der Waals surface area contributed by atoms with Gasteiger partial charge in [0, 0.05) is 5.92 Å². The van der Waals surface area contributed by atoms with Crippen molar-refractivity contribution in [2.24, 2.45) is 5.92 Å². The van der Waals surface area contributed by atoms with E-state index in [1.807, 2.05) is 0 Å². The molecular formula is C7H12NO12S3-3. The van der Waals surface area contributed by atoms with Gasteiger partial charge in [-0.1, -0.05) is 6.92 Å². The summed E-state index contributed by atoms with van der Waals surface area (Å²) in [5.74, 6) is -1.12. The molecule has 0 aromatic rings. The van der Waals surface area contributed by atoms with Gasteiger partial charge >= 0.3 is 0 Å². The first kappa shape index (κ1) is 20.6. The van der Waals surface area contributed by atoms with Crippen LogP contribution in [0.1, 0.15) is 6.92 Å². The van der Waals surface area contributed by atoms with Crippen molar-refractivity contribution < 1.29 is 52.0 Å². The van der Waals surface area contributed by atoms with Crippen LogP contribution < -0.4 is 4.72 Å². The second kappa shape index (κ2) is 7.21. The van der Waals surface area contributed by atoms with Gasteiger partial charge in [-0.2, -0.15) is 0 Å². The molecule has 1 N–H and O–H groups in total. The maximum atomic E-state index is 10.7. The molecule has 4 atom stereocenters. The number of nitrogens with one attached hydrogen (secondary N) is 1. The van der Waals surface area contributed by atoms with Gasteiger partial charge in [0.05, 0.1) is 31.5 Å². The van der Waals surface area contributed by atoms with Gasteiger partial charge in [-0.05, 0) is 0 Å². The molecule has 0 radical (unpaired) electrons. The first-order valence-corrected chi connectivity index (χ1v) is 9.84. The van der Waals surface area contributed by atoms with Gasteiger partial charge in [0.25, 0.3) is 0 Å². The fraction of sp³-hybridized carbons (Fsp3) is 1.00. The van der Waals surface area contributed by atoms with Gasteiger partial charge in [-0.15, -0.1) is 0 Å². The van der Waals surface area contributed by atoms with E-state index in [4.69, 9.17) is 4.74 Å². The predicted molar refractivity (Wildman–Crippen MR) is 65.7 cm³/mol. The molecule has 1 aliphatic rings. The number of rotatable bonds is 7. The van der Waals surface area contributed by atoms with Crippen LogP contribution in [-0.4, -0.2) is 70.4 Å². The van der Waals surface area contributed by atoms with Crippen molar-refractivity contribution in [3.05, 3.63) is 0 Å². The molecule has 0 bridgehead atoms. The largest absolute Gasteiger partial charge is 0.735 e. The smallest absolute Gasteiger partial charge is 0.217 e. The molecule has 13 nitrogen and oxygen atoms in total. The zero-order chi connectivity index (χ0) is 18.1. The van der Waals surface area contributed by atoms with Crippen LogP contribution in [0.2, 0.25) is 0 Å². The van der Waals surface area contributed by atoms with Crippen molar-refractivity contribution in [3.8, 4) is 0 Å². The third kappa shape index (κ3) is 7.79. The average Bonchev–Trinajstić information content (AvgIpc) is 2.28. The van der Waals surface area contributed by atoms with E-state index in [2.05, 4.69) is 8.37 Å². The summed E-state index contributed by atoms with van der Waals surface area (Å²) >= 11 is 0. The molecule has 23 heavy (non-hydrogen) atoms. The zero-order valence-corrected chi connectivity index (χ0v) is 13.8. The fourth-order valence-electron chi connectivity index (χ4n) is 1.98. The maximum Gasteiger partial charge on any atom is 0.217 e. The molecule has 1 rings (SSSR count). The SMILES string of the molecule is C[C@@H]1C(COS(=O)(=O)[O-])OCC(NS(=O)(=O)[O-])[C@@H]1OS(=O)(=O)[O-]. The molecule has 0 saturated carbocycles. The van der Waals surface area contributed by atoms with Gasteiger partial charge in [0.2, 0.25) is 20.8 Å². The Hall–Kier alpha value is -0.430. The number of hydrogen-bond acceptors (Lipinski definition) is 12. The molecule has 1 heterocycles. The third-order valence-corrected chi connectivity index (χ3v) is 4.37. The highest BCUT2D eigenvalue weighted by molar-refractivity contribution is 7.83. The van der Waals surface area contributed by atoms with Crippen LogP contribution in [0, 0.1) is 5.92 Å². The quantitative estimate of drug-likeness (QED) is 0.331. The van der Waals surface area contributed by atoms with Crippen molar-refractivity contribution in [2.45, 2.75) is 25.2 Å². The second-order valence-corrected chi connectivity index (χ2v) is 7.78. The van der Waals surface area contributed by atoms with Crippen molar-refractivity contribution in [3.63, 3.8) is 0 Å². The molecule has 2 unspecified atom stereocenters. The monoisotopic (exact) mass is 398 g/mol. The summed E-state index contributed by atoms with van der Waals surface area (Å²) in [4.78, 5) is 0. The zero-order valence-electron chi connectivity index (χ0n) is 11.3. The molecule has 0 spiro atoms. The van der Waals surface area contributed by atoms with Gasteiger partial charge < -0.3 is 18.4 Å². The average molecular weight is 398 g/mol. The molecule has 0 aliphatic carbocycles. The van der Waals surface area contributed by atoms with Crippen LogP contribution in [0.4, 0.5) is 0 Å². The van der Waals surface area contributed by atoms with E-state index < -0.39 is 68.5 Å². The lowest BCUT2D eigenvalue weighted by Gasteiger charge is -2.41. The lowest BCUT2D eigenvalue weighted by molar-refractivity contribution is -0.107. The molecule has 1 fully saturated rings. The summed E-state index contributed by atoms with van der Waals surface area (Å²) in [5, 5.41) is 0. The molecular weight excluding hydrogens is 386 g/mol. The summed E-state index contributed by atoms with van der Waals surface area (Å²) in [6.45, 7) is -0.228. The Morgan fingerprint density at radius 1 is 1.09 bits per heavy atom. The highest BCUT2D eigenvalue weighted by Gasteiger charge is 2.41. The van der Waals surface area contributed by atoms with E-state index in [-0.39, 0.29) is 0 Å². The van der Waals surface area contributed by atoms with Gasteiger partial charge in [-0.25, -0.2) is 30.0 Å². The van der Waals surface area contributed by atoms with Crippen molar-refractivity contribution in [1.29, 1.82) is 0 Å². The fourth-order valence-corrected chi connectivity index (χ4v) is 3.43. The normalized spacial score (nSPS) is 30.3. The molecule has 16 heteroatoms. The Bertz CT molecular complexity index is 712. The minimum atomic E-state index is -5.28. The highest BCUT2D eigenvalue weighted by atomic mass is 32.3. The molecule has 0 aromatic heterocycles. The van der Waals surface area contributed by atoms with Crippen molar-refractivity contribution >= 4 is 31.1 Å². The third-order valence-electron chi connectivity index (χ3n) is 2.89. The van der Waals surface area contributed by atoms with E-state index >= 15 is 0 Å². The summed E-state index contributed by atoms with van der Waals surface area (Å²) < 4.78 is 110. The summed E-state index contributed by atoms with van der Waals surface area (Å²) in [5.41, 5.74) is 0. The molecule has 138 valence electrons. The Balaban J connectivity index is 2.95. The maximum absolute atomic E-state index is 10.7. The topological polar surface area (TPSA) is 211 Å². The Labute approximate surface area is 132 Å². The Kier molecular flexibility index (Phi) is 6.47. The van der Waals surface area contributed by atoms with Gasteiger partial charge in [0.1, 0.15) is 0 Å². The van der Waals surface area contributed by atoms with E-state index in [0.717, 1.165) is 0 Å². The number of ether oxygens (including phenoxy) is 1. The second-order valence-electron chi connectivity index (χ2n) is 4.57. The van der Waals surface area contributed by atoms with Crippen LogP contribution in [0.15, 0.2) is 0 Å². The predicted octanol–water partition coefficient (Wildman–Crippen LogP) is -3.24. The Morgan fingerprint density at radius 3 is 2.09 bits per heavy atom. The lowest BCUT2D eigenvalue weighted by atomic mass is 9.91. The first-order valence-electron chi connectivity index (χ1n) is 5.77. The minimum Gasteiger partial charge on any atom is -0.735 e. The summed E-state index contributed by atoms with van der Waals surface area (Å²) in [6.07, 6.45) is -2.88. The molecule has 1 aliphatic heterocycles. The van der Waals surface area contributed by atoms with E-state index in [9.17, 15) is 38.9 Å². The molecule has 1 saturated heterocycles. The van der Waals surface area contributed by atoms with Gasteiger partial charge in [0.15, 0.2) is 10.3 Å². The summed E-state index contributed by atoms with van der Waals surface area (Å²) in [7, 11) is -15.4.